The van der Waals surface area contributed by atoms with Crippen LogP contribution in [0.2, 0.25) is 0 Å². The fraction of sp³-hybridized carbons (Fsp3) is 0.571. The Morgan fingerprint density at radius 3 is 2.25 bits per heavy atom. The van der Waals surface area contributed by atoms with Crippen molar-refractivity contribution < 1.29 is 44.6 Å². The molecule has 0 radical (unpaired) electrons. The second kappa shape index (κ2) is 8.51. The first-order valence-electron chi connectivity index (χ1n) is 7.79. The van der Waals surface area contributed by atoms with Gasteiger partial charge in [0.1, 0.15) is 0 Å². The number of likely N-dealkylation sites (tertiary alicyclic amines) is 1. The van der Waals surface area contributed by atoms with Gasteiger partial charge in [-0.2, -0.15) is 26.3 Å². The lowest BCUT2D eigenvalue weighted by molar-refractivity contribution is -0.308. The van der Waals surface area contributed by atoms with Crippen LogP contribution in [0.4, 0.5) is 36.8 Å². The van der Waals surface area contributed by atoms with Crippen molar-refractivity contribution in [2.75, 3.05) is 17.4 Å². The molecule has 2 heterocycles. The molecule has 2 rings (SSSR count). The maximum atomic E-state index is 12.5. The number of anilines is 1. The molecule has 1 saturated heterocycles. The molecule has 1 aliphatic rings. The Morgan fingerprint density at radius 2 is 1.82 bits per heavy atom. The number of amides is 1. The Morgan fingerprint density at radius 1 is 1.25 bits per heavy atom. The van der Waals surface area contributed by atoms with Gasteiger partial charge in [-0.3, -0.25) is 13.5 Å². The number of ether oxygens (including phenoxy) is 1. The minimum Gasteiger partial charge on any atom is -0.755 e. The quantitative estimate of drug-likeness (QED) is 0.538. The van der Waals surface area contributed by atoms with Crippen molar-refractivity contribution in [2.24, 2.45) is 0 Å². The highest BCUT2D eigenvalue weighted by molar-refractivity contribution is 7.80. The van der Waals surface area contributed by atoms with E-state index in [0.29, 0.717) is 4.90 Å². The van der Waals surface area contributed by atoms with Crippen molar-refractivity contribution >= 4 is 23.0 Å². The Kier molecular flexibility index (Phi) is 6.75. The number of piperidine rings is 1. The Labute approximate surface area is 157 Å². The van der Waals surface area contributed by atoms with Gasteiger partial charge in [-0.15, -0.1) is 0 Å². The summed E-state index contributed by atoms with van der Waals surface area (Å²) in [5.41, 5.74) is 0.242. The van der Waals surface area contributed by atoms with E-state index in [2.05, 4.69) is 9.72 Å². The van der Waals surface area contributed by atoms with Crippen LogP contribution in [0.3, 0.4) is 0 Å². The molecular weight excluding hydrogens is 420 g/mol. The fourth-order valence-corrected chi connectivity index (χ4v) is 3.41. The number of alkyl halides is 6. The van der Waals surface area contributed by atoms with Crippen LogP contribution in [0.25, 0.3) is 0 Å². The van der Waals surface area contributed by atoms with Crippen LogP contribution in [0.5, 0.6) is 0 Å². The van der Waals surface area contributed by atoms with Gasteiger partial charge < -0.3 is 14.2 Å². The summed E-state index contributed by atoms with van der Waals surface area (Å²) in [7, 11) is 0. The third kappa shape index (κ3) is 5.47. The number of nitrogens with zero attached hydrogens (tertiary/aromatic N) is 3. The predicted octanol–water partition coefficient (Wildman–Crippen LogP) is 2.78. The molecule has 1 unspecified atom stereocenters. The summed E-state index contributed by atoms with van der Waals surface area (Å²) in [6.07, 6.45) is -14.9. The number of aromatic nitrogens is 1. The maximum Gasteiger partial charge on any atom is 0.434 e. The summed E-state index contributed by atoms with van der Waals surface area (Å²) in [5.74, 6) is 0. The van der Waals surface area contributed by atoms with E-state index in [9.17, 15) is 39.9 Å². The molecule has 0 saturated carbocycles. The summed E-state index contributed by atoms with van der Waals surface area (Å²) in [6, 6.07) is 2.32. The van der Waals surface area contributed by atoms with Crippen LogP contribution in [-0.4, -0.2) is 62.3 Å². The lowest BCUT2D eigenvalue weighted by Crippen LogP contribution is -2.51. The highest BCUT2D eigenvalue weighted by Gasteiger charge is 2.60. The van der Waals surface area contributed by atoms with Gasteiger partial charge in [0.05, 0.1) is 11.9 Å². The molecule has 1 fully saturated rings. The van der Waals surface area contributed by atoms with Crippen LogP contribution in [0.15, 0.2) is 24.5 Å². The van der Waals surface area contributed by atoms with Gasteiger partial charge in [0.2, 0.25) is 0 Å². The third-order valence-electron chi connectivity index (χ3n) is 3.93. The molecule has 0 aliphatic carbocycles. The van der Waals surface area contributed by atoms with Gasteiger partial charge in [-0.05, 0) is 25.0 Å². The summed E-state index contributed by atoms with van der Waals surface area (Å²) >= 11 is -2.70. The van der Waals surface area contributed by atoms with E-state index >= 15 is 0 Å². The second-order valence-corrected chi connectivity index (χ2v) is 6.65. The van der Waals surface area contributed by atoms with Crippen LogP contribution in [-0.2, 0) is 16.0 Å². The van der Waals surface area contributed by atoms with Gasteiger partial charge in [-0.25, -0.2) is 4.79 Å². The van der Waals surface area contributed by atoms with Gasteiger partial charge in [-0.1, -0.05) is 0 Å². The first kappa shape index (κ1) is 22.2. The Bertz CT molecular complexity index is 681. The normalized spacial score (nSPS) is 17.5. The van der Waals surface area contributed by atoms with Crippen LogP contribution < -0.4 is 4.31 Å². The van der Waals surface area contributed by atoms with Crippen molar-refractivity contribution in [3.63, 3.8) is 0 Å². The number of pyridine rings is 1. The summed E-state index contributed by atoms with van der Waals surface area (Å²) < 4.78 is 103. The number of halogens is 6. The molecule has 7 nitrogen and oxygen atoms in total. The van der Waals surface area contributed by atoms with Crippen molar-refractivity contribution in [1.29, 1.82) is 0 Å². The van der Waals surface area contributed by atoms with Gasteiger partial charge >= 0.3 is 18.4 Å². The number of hydrogen-bond donors (Lipinski definition) is 0. The van der Waals surface area contributed by atoms with Gasteiger partial charge in [0.25, 0.3) is 6.10 Å². The molecule has 0 spiro atoms. The first-order valence-corrected chi connectivity index (χ1v) is 8.82. The zero-order chi connectivity index (χ0) is 21.1. The second-order valence-electron chi connectivity index (χ2n) is 5.82. The maximum absolute atomic E-state index is 12.5. The van der Waals surface area contributed by atoms with E-state index in [1.807, 2.05) is 0 Å². The molecule has 158 valence electrons. The SMILES string of the molecule is O=C(OC(C(F)(F)F)C(F)(F)F)N1CCC(N(c2cccnc2)S(=O)[O-])CC1. The molecule has 1 aromatic heterocycles. The monoisotopic (exact) mass is 434 g/mol. The van der Waals surface area contributed by atoms with Crippen LogP contribution in [0, 0.1) is 0 Å². The highest BCUT2D eigenvalue weighted by atomic mass is 32.2. The average molecular weight is 434 g/mol. The Balaban J connectivity index is 2.02. The summed E-state index contributed by atoms with van der Waals surface area (Å²) in [6.45, 7) is -0.556. The third-order valence-corrected chi connectivity index (χ3v) is 4.76. The van der Waals surface area contributed by atoms with E-state index in [-0.39, 0.29) is 31.6 Å². The van der Waals surface area contributed by atoms with Crippen molar-refractivity contribution in [1.82, 2.24) is 9.88 Å². The van der Waals surface area contributed by atoms with Crippen molar-refractivity contribution in [2.45, 2.75) is 37.3 Å². The molecule has 1 atom stereocenters. The lowest BCUT2D eigenvalue weighted by atomic mass is 10.1. The van der Waals surface area contributed by atoms with E-state index in [4.69, 9.17) is 0 Å². The number of carbonyl (C=O) groups excluding carboxylic acids is 1. The van der Waals surface area contributed by atoms with E-state index in [0.717, 1.165) is 4.31 Å². The highest BCUT2D eigenvalue weighted by Crippen LogP contribution is 2.36. The van der Waals surface area contributed by atoms with Crippen LogP contribution >= 0.6 is 0 Å². The van der Waals surface area contributed by atoms with E-state index in [1.165, 1.54) is 24.5 Å². The van der Waals surface area contributed by atoms with Gasteiger partial charge in [0.15, 0.2) is 0 Å². The van der Waals surface area contributed by atoms with E-state index in [1.54, 1.807) is 0 Å². The zero-order valence-electron chi connectivity index (χ0n) is 13.9. The van der Waals surface area contributed by atoms with Crippen molar-refractivity contribution in [3.8, 4) is 0 Å². The number of hydrogen-bond acceptors (Lipinski definition) is 5. The van der Waals surface area contributed by atoms with Crippen LogP contribution in [0.1, 0.15) is 12.8 Å². The zero-order valence-corrected chi connectivity index (χ0v) is 14.8. The molecule has 0 bridgehead atoms. The smallest absolute Gasteiger partial charge is 0.434 e. The van der Waals surface area contributed by atoms with Gasteiger partial charge in [0, 0.05) is 36.6 Å². The number of rotatable bonds is 4. The first-order chi connectivity index (χ1) is 12.9. The predicted molar refractivity (Wildman–Crippen MR) is 82.6 cm³/mol. The molecule has 0 aromatic carbocycles. The molecule has 14 heteroatoms. The topological polar surface area (TPSA) is 85.8 Å². The molecule has 0 N–H and O–H groups in total. The minimum absolute atomic E-state index is 0.0132. The molecule has 1 aliphatic heterocycles. The number of carbonyl (C=O) groups is 1. The molecule has 28 heavy (non-hydrogen) atoms. The molecular formula is C14H14F6N3O4S-. The molecule has 1 aromatic rings. The summed E-state index contributed by atoms with van der Waals surface area (Å²) in [4.78, 5) is 16.2. The largest absolute Gasteiger partial charge is 0.755 e. The minimum atomic E-state index is -5.80. The average Bonchev–Trinajstić information content (AvgIpc) is 2.59. The molecule has 1 amide bonds. The summed E-state index contributed by atoms with van der Waals surface area (Å²) in [5, 5.41) is 0. The Hall–Kier alpha value is -2.09. The van der Waals surface area contributed by atoms with Crippen molar-refractivity contribution in [3.05, 3.63) is 24.5 Å². The lowest BCUT2D eigenvalue weighted by Gasteiger charge is -2.39. The standard InChI is InChI=1S/C14H15F6N3O4S/c15-13(16,17)11(14(18,19)20)27-12(24)22-6-3-9(4-7-22)23(28(25)26)10-2-1-5-21-8-10/h1-2,5,8-9,11H,3-4,6-7H2,(H,25,26)/p-1. The fourth-order valence-electron chi connectivity index (χ4n) is 2.68. The van der Waals surface area contributed by atoms with E-state index < -0.39 is 41.9 Å².